The molecule has 3 rings (SSSR count). The second kappa shape index (κ2) is 4.54. The third-order valence-corrected chi connectivity index (χ3v) is 4.50. The fourth-order valence-corrected chi connectivity index (χ4v) is 3.37. The number of nitrogens with zero attached hydrogens (tertiary/aromatic N) is 1. The van der Waals surface area contributed by atoms with Crippen molar-refractivity contribution in [1.82, 2.24) is 9.71 Å². The van der Waals surface area contributed by atoms with E-state index in [1.165, 1.54) is 18.3 Å². The Labute approximate surface area is 122 Å². The third kappa shape index (κ3) is 2.23. The molecule has 5 nitrogen and oxygen atoms in total. The van der Waals surface area contributed by atoms with Gasteiger partial charge in [0.15, 0.2) is 0 Å². The Bertz CT molecular complexity index is 892. The molecule has 0 aliphatic carbocycles. The Hall–Kier alpha value is -2.42. The molecule has 0 spiro atoms. The molecule has 114 valence electrons. The topological polar surface area (TPSA) is 76.1 Å². The summed E-state index contributed by atoms with van der Waals surface area (Å²) in [5.41, 5.74) is -1.52. The van der Waals surface area contributed by atoms with Gasteiger partial charge >= 0.3 is 6.18 Å². The van der Waals surface area contributed by atoms with Crippen LogP contribution in [0.1, 0.15) is 15.9 Å². The van der Waals surface area contributed by atoms with Gasteiger partial charge in [0.25, 0.3) is 15.9 Å². The molecule has 1 N–H and O–H groups in total. The summed E-state index contributed by atoms with van der Waals surface area (Å²) in [6.45, 7) is 0. The molecule has 0 fully saturated rings. The number of halogens is 3. The Balaban J connectivity index is 2.23. The van der Waals surface area contributed by atoms with E-state index in [4.69, 9.17) is 0 Å². The van der Waals surface area contributed by atoms with E-state index < -0.39 is 33.4 Å². The summed E-state index contributed by atoms with van der Waals surface area (Å²) >= 11 is 0. The van der Waals surface area contributed by atoms with Gasteiger partial charge in [-0.05, 0) is 24.3 Å². The van der Waals surface area contributed by atoms with Gasteiger partial charge in [0.05, 0.1) is 16.8 Å². The maximum absolute atomic E-state index is 13.0. The molecule has 1 aliphatic rings. The quantitative estimate of drug-likeness (QED) is 0.871. The van der Waals surface area contributed by atoms with Crippen LogP contribution in [0.5, 0.6) is 0 Å². The van der Waals surface area contributed by atoms with E-state index >= 15 is 0 Å². The van der Waals surface area contributed by atoms with Gasteiger partial charge in [-0.2, -0.15) is 13.2 Å². The Kier molecular flexibility index (Phi) is 2.99. The number of rotatable bonds is 1. The predicted molar refractivity (Wildman–Crippen MR) is 69.3 cm³/mol. The smallest absolute Gasteiger partial charge is 0.268 e. The lowest BCUT2D eigenvalue weighted by Crippen LogP contribution is -2.20. The molecule has 22 heavy (non-hydrogen) atoms. The van der Waals surface area contributed by atoms with Gasteiger partial charge in [-0.3, -0.25) is 9.78 Å². The van der Waals surface area contributed by atoms with Gasteiger partial charge in [0, 0.05) is 11.8 Å². The molecular formula is C13H7F3N2O3S. The van der Waals surface area contributed by atoms with Crippen molar-refractivity contribution >= 4 is 15.9 Å². The van der Waals surface area contributed by atoms with Crippen molar-refractivity contribution in [3.63, 3.8) is 0 Å². The van der Waals surface area contributed by atoms with E-state index in [1.54, 1.807) is 4.72 Å². The van der Waals surface area contributed by atoms with E-state index in [0.29, 0.717) is 0 Å². The normalized spacial score (nSPS) is 16.2. The molecule has 0 atom stereocenters. The van der Waals surface area contributed by atoms with Gasteiger partial charge in [0.1, 0.15) is 4.90 Å². The first kappa shape index (κ1) is 14.5. The SMILES string of the molecule is O=C1NS(=O)(=O)c2cc(-c3ncccc3C(F)(F)F)ccc21. The lowest BCUT2D eigenvalue weighted by Gasteiger charge is -2.12. The maximum Gasteiger partial charge on any atom is 0.418 e. The fourth-order valence-electron chi connectivity index (χ4n) is 2.18. The average molecular weight is 328 g/mol. The van der Waals surface area contributed by atoms with Crippen LogP contribution in [-0.2, 0) is 16.2 Å². The van der Waals surface area contributed by atoms with Crippen molar-refractivity contribution < 1.29 is 26.4 Å². The Morgan fingerprint density at radius 3 is 2.55 bits per heavy atom. The first-order chi connectivity index (χ1) is 10.2. The average Bonchev–Trinajstić information content (AvgIpc) is 2.67. The van der Waals surface area contributed by atoms with Crippen LogP contribution in [0, 0.1) is 0 Å². The molecule has 0 radical (unpaired) electrons. The summed E-state index contributed by atoms with van der Waals surface area (Å²) in [7, 11) is -4.04. The van der Waals surface area contributed by atoms with Crippen LogP contribution in [0.3, 0.4) is 0 Å². The molecule has 1 aromatic carbocycles. The zero-order valence-corrected chi connectivity index (χ0v) is 11.5. The Morgan fingerprint density at radius 2 is 1.86 bits per heavy atom. The number of nitrogens with one attached hydrogen (secondary N) is 1. The zero-order valence-electron chi connectivity index (χ0n) is 10.7. The fraction of sp³-hybridized carbons (Fsp3) is 0.0769. The minimum atomic E-state index is -4.63. The molecule has 2 aromatic rings. The third-order valence-electron chi connectivity index (χ3n) is 3.13. The van der Waals surface area contributed by atoms with E-state index in [0.717, 1.165) is 18.2 Å². The van der Waals surface area contributed by atoms with E-state index in [-0.39, 0.29) is 16.0 Å². The minimum Gasteiger partial charge on any atom is -0.268 e. The summed E-state index contributed by atoms with van der Waals surface area (Å²) < 4.78 is 64.3. The van der Waals surface area contributed by atoms with Gasteiger partial charge in [-0.1, -0.05) is 6.07 Å². The van der Waals surface area contributed by atoms with Crippen molar-refractivity contribution in [2.75, 3.05) is 0 Å². The minimum absolute atomic E-state index is 0.0354. The van der Waals surface area contributed by atoms with Crippen molar-refractivity contribution in [3.05, 3.63) is 47.7 Å². The number of alkyl halides is 3. The largest absolute Gasteiger partial charge is 0.418 e. The van der Waals surface area contributed by atoms with Crippen LogP contribution >= 0.6 is 0 Å². The number of fused-ring (bicyclic) bond motifs is 1. The number of benzene rings is 1. The number of pyridine rings is 1. The van der Waals surface area contributed by atoms with Crippen LogP contribution < -0.4 is 4.72 Å². The van der Waals surface area contributed by atoms with E-state index in [9.17, 15) is 26.4 Å². The molecule has 0 unspecified atom stereocenters. The van der Waals surface area contributed by atoms with Crippen molar-refractivity contribution in [2.24, 2.45) is 0 Å². The predicted octanol–water partition coefficient (Wildman–Crippen LogP) is 2.20. The van der Waals surface area contributed by atoms with Crippen molar-refractivity contribution in [2.45, 2.75) is 11.1 Å². The maximum atomic E-state index is 13.0. The molecule has 2 heterocycles. The number of hydrogen-bond acceptors (Lipinski definition) is 4. The lowest BCUT2D eigenvalue weighted by molar-refractivity contribution is -0.137. The summed E-state index contributed by atoms with van der Waals surface area (Å²) in [6, 6.07) is 5.41. The lowest BCUT2D eigenvalue weighted by atomic mass is 10.0. The molecule has 0 saturated heterocycles. The molecular weight excluding hydrogens is 321 g/mol. The highest BCUT2D eigenvalue weighted by Gasteiger charge is 2.36. The van der Waals surface area contributed by atoms with Gasteiger partial charge in [-0.25, -0.2) is 13.1 Å². The second-order valence-corrected chi connectivity index (χ2v) is 6.19. The van der Waals surface area contributed by atoms with Gasteiger partial charge in [-0.15, -0.1) is 0 Å². The number of hydrogen-bond donors (Lipinski definition) is 1. The summed E-state index contributed by atoms with van der Waals surface area (Å²) in [6.07, 6.45) is -3.45. The second-order valence-electron chi connectivity index (χ2n) is 4.54. The van der Waals surface area contributed by atoms with E-state index in [2.05, 4.69) is 4.98 Å². The number of amides is 1. The van der Waals surface area contributed by atoms with Crippen LogP contribution in [0.25, 0.3) is 11.3 Å². The molecule has 1 amide bonds. The zero-order chi connectivity index (χ0) is 16.1. The number of carbonyl (C=O) groups excluding carboxylic acids is 1. The number of aromatic nitrogens is 1. The molecule has 1 aliphatic heterocycles. The molecule has 0 bridgehead atoms. The van der Waals surface area contributed by atoms with Crippen molar-refractivity contribution in [3.8, 4) is 11.3 Å². The van der Waals surface area contributed by atoms with Gasteiger partial charge < -0.3 is 0 Å². The highest BCUT2D eigenvalue weighted by molar-refractivity contribution is 7.90. The number of carbonyl (C=O) groups is 1. The standard InChI is InChI=1S/C13H7F3N2O3S/c14-13(15,16)9-2-1-5-17-11(9)7-3-4-8-10(6-7)22(20,21)18-12(8)19/h1-6H,(H,18,19). The van der Waals surface area contributed by atoms with Crippen LogP contribution in [0.4, 0.5) is 13.2 Å². The highest BCUT2D eigenvalue weighted by atomic mass is 32.2. The summed E-state index contributed by atoms with van der Waals surface area (Å²) in [5, 5.41) is 0. The van der Waals surface area contributed by atoms with Crippen molar-refractivity contribution in [1.29, 1.82) is 0 Å². The summed E-state index contributed by atoms with van der Waals surface area (Å²) in [5.74, 6) is -0.807. The first-order valence-electron chi connectivity index (χ1n) is 5.94. The van der Waals surface area contributed by atoms with Gasteiger partial charge in [0.2, 0.25) is 0 Å². The Morgan fingerprint density at radius 1 is 1.14 bits per heavy atom. The van der Waals surface area contributed by atoms with Crippen LogP contribution in [0.15, 0.2) is 41.4 Å². The van der Waals surface area contributed by atoms with Crippen LogP contribution in [-0.4, -0.2) is 19.3 Å². The van der Waals surface area contributed by atoms with E-state index in [1.807, 2.05) is 0 Å². The van der Waals surface area contributed by atoms with Crippen LogP contribution in [0.2, 0.25) is 0 Å². The first-order valence-corrected chi connectivity index (χ1v) is 7.42. The highest BCUT2D eigenvalue weighted by Crippen LogP contribution is 2.37. The monoisotopic (exact) mass is 328 g/mol. The molecule has 9 heteroatoms. The molecule has 1 aromatic heterocycles. The summed E-state index contributed by atoms with van der Waals surface area (Å²) in [4.78, 5) is 14.8. The number of sulfonamides is 1. The molecule has 0 saturated carbocycles.